The lowest BCUT2D eigenvalue weighted by Gasteiger charge is -2.11. The largest absolute Gasteiger partial charge is 0.481 e. The van der Waals surface area contributed by atoms with Gasteiger partial charge < -0.3 is 15.4 Å². The molecule has 1 aromatic rings. The van der Waals surface area contributed by atoms with Crippen LogP contribution in [0, 0.1) is 12.3 Å². The van der Waals surface area contributed by atoms with Crippen molar-refractivity contribution in [3.63, 3.8) is 0 Å². The quantitative estimate of drug-likeness (QED) is 0.781. The average molecular weight is 290 g/mol. The fourth-order valence-corrected chi connectivity index (χ4v) is 2.96. The maximum Gasteiger partial charge on any atom is 0.311 e. The summed E-state index contributed by atoms with van der Waals surface area (Å²) >= 11 is 0. The molecule has 3 rings (SSSR count). The van der Waals surface area contributed by atoms with Crippen molar-refractivity contribution in [2.45, 2.75) is 39.0 Å². The van der Waals surface area contributed by atoms with Gasteiger partial charge in [0.05, 0.1) is 5.41 Å². The van der Waals surface area contributed by atoms with E-state index in [0.717, 1.165) is 18.5 Å². The van der Waals surface area contributed by atoms with E-state index >= 15 is 0 Å². The standard InChI is InChI=1S/C15H18N2O4/c1-8-11-9(3-2-4-10(11)18)17-12(8)13(19)16-7-15(5-6-15)14(20)21/h17H,2-7H2,1H3,(H,16,19)(H,20,21). The zero-order valence-electron chi connectivity index (χ0n) is 11.9. The van der Waals surface area contributed by atoms with Crippen molar-refractivity contribution < 1.29 is 19.5 Å². The number of carbonyl (C=O) groups excluding carboxylic acids is 2. The minimum atomic E-state index is -0.861. The number of aryl methyl sites for hydroxylation is 1. The summed E-state index contributed by atoms with van der Waals surface area (Å²) in [6.07, 6.45) is 3.29. The molecule has 0 aromatic carbocycles. The highest BCUT2D eigenvalue weighted by Gasteiger charge is 2.50. The second-order valence-electron chi connectivity index (χ2n) is 6.02. The lowest BCUT2D eigenvalue weighted by atomic mass is 9.94. The summed E-state index contributed by atoms with van der Waals surface area (Å²) in [6, 6.07) is 0. The second-order valence-corrected chi connectivity index (χ2v) is 6.02. The van der Waals surface area contributed by atoms with Crippen LogP contribution >= 0.6 is 0 Å². The second kappa shape index (κ2) is 4.72. The molecule has 1 aromatic heterocycles. The number of nitrogens with one attached hydrogen (secondary N) is 2. The van der Waals surface area contributed by atoms with Crippen molar-refractivity contribution >= 4 is 17.7 Å². The third-order valence-electron chi connectivity index (χ3n) is 4.56. The van der Waals surface area contributed by atoms with Crippen LogP contribution in [-0.4, -0.2) is 34.3 Å². The van der Waals surface area contributed by atoms with E-state index in [1.165, 1.54) is 0 Å². The van der Waals surface area contributed by atoms with Crippen molar-refractivity contribution in [3.8, 4) is 0 Å². The summed E-state index contributed by atoms with van der Waals surface area (Å²) in [7, 11) is 0. The van der Waals surface area contributed by atoms with Gasteiger partial charge in [0.15, 0.2) is 5.78 Å². The predicted molar refractivity (Wildman–Crippen MR) is 74.4 cm³/mol. The first-order valence-electron chi connectivity index (χ1n) is 7.21. The Kier molecular flexibility index (Phi) is 3.11. The third-order valence-corrected chi connectivity index (χ3v) is 4.56. The number of fused-ring (bicyclic) bond motifs is 1. The van der Waals surface area contributed by atoms with Crippen molar-refractivity contribution in [2.75, 3.05) is 6.54 Å². The molecule has 0 spiro atoms. The number of ketones is 1. The highest BCUT2D eigenvalue weighted by atomic mass is 16.4. The van der Waals surface area contributed by atoms with E-state index in [4.69, 9.17) is 5.11 Å². The molecule has 1 heterocycles. The summed E-state index contributed by atoms with van der Waals surface area (Å²) in [5.41, 5.74) is 1.74. The number of rotatable bonds is 4. The molecule has 21 heavy (non-hydrogen) atoms. The number of H-pyrrole nitrogens is 1. The molecule has 0 radical (unpaired) electrons. The van der Waals surface area contributed by atoms with Gasteiger partial charge in [0.25, 0.3) is 5.91 Å². The van der Waals surface area contributed by atoms with E-state index < -0.39 is 11.4 Å². The van der Waals surface area contributed by atoms with Gasteiger partial charge in [0.2, 0.25) is 0 Å². The summed E-state index contributed by atoms with van der Waals surface area (Å²) in [5, 5.41) is 11.8. The normalized spacial score (nSPS) is 19.0. The third kappa shape index (κ3) is 2.24. The van der Waals surface area contributed by atoms with Gasteiger partial charge in [-0.2, -0.15) is 0 Å². The molecular weight excluding hydrogens is 272 g/mol. The minimum Gasteiger partial charge on any atom is -0.481 e. The summed E-state index contributed by atoms with van der Waals surface area (Å²) in [5.74, 6) is -1.11. The number of aromatic nitrogens is 1. The summed E-state index contributed by atoms with van der Waals surface area (Å²) < 4.78 is 0. The Balaban J connectivity index is 1.77. The lowest BCUT2D eigenvalue weighted by Crippen LogP contribution is -2.34. The highest BCUT2D eigenvalue weighted by Crippen LogP contribution is 2.45. The van der Waals surface area contributed by atoms with Crippen molar-refractivity contribution in [2.24, 2.45) is 5.41 Å². The number of amides is 1. The molecule has 0 unspecified atom stereocenters. The van der Waals surface area contributed by atoms with Gasteiger partial charge in [-0.25, -0.2) is 0 Å². The van der Waals surface area contributed by atoms with E-state index in [0.29, 0.717) is 36.1 Å². The van der Waals surface area contributed by atoms with Crippen LogP contribution in [0.2, 0.25) is 0 Å². The predicted octanol–water partition coefficient (Wildman–Crippen LogP) is 1.44. The fourth-order valence-electron chi connectivity index (χ4n) is 2.96. The van der Waals surface area contributed by atoms with E-state index in [-0.39, 0.29) is 18.2 Å². The Bertz CT molecular complexity index is 640. The van der Waals surface area contributed by atoms with Crippen LogP contribution < -0.4 is 5.32 Å². The summed E-state index contributed by atoms with van der Waals surface area (Å²) in [6.45, 7) is 1.90. The SMILES string of the molecule is Cc1c(C(=O)NCC2(C(=O)O)CC2)[nH]c2c1C(=O)CCC2. The van der Waals surface area contributed by atoms with Gasteiger partial charge in [-0.15, -0.1) is 0 Å². The number of carboxylic acid groups (broad SMARTS) is 1. The Hall–Kier alpha value is -2.11. The smallest absolute Gasteiger partial charge is 0.311 e. The Morgan fingerprint density at radius 2 is 2.05 bits per heavy atom. The zero-order valence-corrected chi connectivity index (χ0v) is 11.9. The van der Waals surface area contributed by atoms with E-state index in [9.17, 15) is 14.4 Å². The van der Waals surface area contributed by atoms with Crippen LogP contribution in [0.15, 0.2) is 0 Å². The van der Waals surface area contributed by atoms with E-state index in [2.05, 4.69) is 10.3 Å². The number of carbonyl (C=O) groups is 3. The molecule has 3 N–H and O–H groups in total. The van der Waals surface area contributed by atoms with Gasteiger partial charge in [0.1, 0.15) is 5.69 Å². The number of hydrogen-bond acceptors (Lipinski definition) is 3. The molecule has 112 valence electrons. The van der Waals surface area contributed by atoms with Gasteiger partial charge in [-0.1, -0.05) is 0 Å². The maximum absolute atomic E-state index is 12.2. The topological polar surface area (TPSA) is 99.3 Å². The van der Waals surface area contributed by atoms with Crippen molar-refractivity contribution in [1.29, 1.82) is 0 Å². The van der Waals surface area contributed by atoms with Gasteiger partial charge in [0, 0.05) is 24.2 Å². The van der Waals surface area contributed by atoms with Crippen LogP contribution in [-0.2, 0) is 11.2 Å². The van der Waals surface area contributed by atoms with Crippen molar-refractivity contribution in [3.05, 3.63) is 22.5 Å². The zero-order chi connectivity index (χ0) is 15.2. The maximum atomic E-state index is 12.2. The molecule has 6 heteroatoms. The van der Waals surface area contributed by atoms with Crippen LogP contribution in [0.1, 0.15) is 57.8 Å². The Labute approximate surface area is 121 Å². The number of aliphatic carboxylic acids is 1. The first-order valence-corrected chi connectivity index (χ1v) is 7.21. The lowest BCUT2D eigenvalue weighted by molar-refractivity contribution is -0.143. The van der Waals surface area contributed by atoms with Crippen LogP contribution in [0.25, 0.3) is 0 Å². The number of aromatic amines is 1. The number of Topliss-reactive ketones (excluding diaryl/α,β-unsaturated/α-hetero) is 1. The van der Waals surface area contributed by atoms with E-state index in [1.807, 2.05) is 0 Å². The molecule has 1 fully saturated rings. The fraction of sp³-hybridized carbons (Fsp3) is 0.533. The molecule has 1 saturated carbocycles. The van der Waals surface area contributed by atoms with E-state index in [1.54, 1.807) is 6.92 Å². The molecule has 0 saturated heterocycles. The van der Waals surface area contributed by atoms with Gasteiger partial charge >= 0.3 is 5.97 Å². The molecule has 0 atom stereocenters. The van der Waals surface area contributed by atoms with Gasteiger partial charge in [-0.05, 0) is 38.2 Å². The van der Waals surface area contributed by atoms with Crippen molar-refractivity contribution in [1.82, 2.24) is 10.3 Å². The average Bonchev–Trinajstić information content (AvgIpc) is 3.16. The Morgan fingerprint density at radius 3 is 2.62 bits per heavy atom. The molecule has 6 nitrogen and oxygen atoms in total. The molecule has 2 aliphatic rings. The van der Waals surface area contributed by atoms with Crippen LogP contribution in [0.5, 0.6) is 0 Å². The molecule has 2 aliphatic carbocycles. The molecule has 0 aliphatic heterocycles. The highest BCUT2D eigenvalue weighted by molar-refractivity contribution is 6.04. The molecule has 0 bridgehead atoms. The molecular formula is C15H18N2O4. The number of carboxylic acids is 1. The first-order chi connectivity index (χ1) is 9.94. The molecule has 1 amide bonds. The monoisotopic (exact) mass is 290 g/mol. The summed E-state index contributed by atoms with van der Waals surface area (Å²) in [4.78, 5) is 38.3. The number of hydrogen-bond donors (Lipinski definition) is 3. The minimum absolute atomic E-state index is 0.0771. The van der Waals surface area contributed by atoms with Gasteiger partial charge in [-0.3, -0.25) is 14.4 Å². The Morgan fingerprint density at radius 1 is 1.33 bits per heavy atom. The van der Waals surface area contributed by atoms with Crippen LogP contribution in [0.4, 0.5) is 0 Å². The first kappa shape index (κ1) is 13.9. The van der Waals surface area contributed by atoms with Crippen LogP contribution in [0.3, 0.4) is 0 Å².